The molecular formula is C14H16N2O2. The summed E-state index contributed by atoms with van der Waals surface area (Å²) in [6.07, 6.45) is 7.32. The summed E-state index contributed by atoms with van der Waals surface area (Å²) in [7, 11) is 1.61. The molecule has 0 spiro atoms. The minimum atomic E-state index is -0.275. The molecule has 0 saturated heterocycles. The van der Waals surface area contributed by atoms with Crippen LogP contribution in [-0.4, -0.2) is 16.7 Å². The van der Waals surface area contributed by atoms with Crippen LogP contribution >= 0.6 is 0 Å². The predicted molar refractivity (Wildman–Crippen MR) is 72.8 cm³/mol. The van der Waals surface area contributed by atoms with Gasteiger partial charge in [0.05, 0.1) is 12.6 Å². The highest BCUT2D eigenvalue weighted by atomic mass is 16.5. The number of ether oxygens (including phenoxy) is 1. The second kappa shape index (κ2) is 5.49. The second-order valence-electron chi connectivity index (χ2n) is 4.01. The molecule has 0 unspecified atom stereocenters. The maximum Gasteiger partial charge on any atom is 0.352 e. The van der Waals surface area contributed by atoms with E-state index in [2.05, 4.69) is 11.9 Å². The Morgan fingerprint density at radius 1 is 1.44 bits per heavy atom. The zero-order valence-electron chi connectivity index (χ0n) is 10.6. The van der Waals surface area contributed by atoms with Crippen molar-refractivity contribution < 1.29 is 4.74 Å². The first-order valence-corrected chi connectivity index (χ1v) is 5.98. The number of rotatable bonds is 4. The van der Waals surface area contributed by atoms with Gasteiger partial charge >= 0.3 is 5.69 Å². The highest BCUT2D eigenvalue weighted by Crippen LogP contribution is 2.18. The number of hydrogen-bond acceptors (Lipinski definition) is 3. The molecule has 0 fully saturated rings. The molecule has 0 N–H and O–H groups in total. The standard InChI is InChI=1S/C14H16N2O2/c1-3-4-5-8-16-13-9-12(18-2)7-6-11(13)10-15-14(16)17/h5-10H,3-4H2,1-2H3. The van der Waals surface area contributed by atoms with E-state index in [0.29, 0.717) is 0 Å². The number of hydrogen-bond donors (Lipinski definition) is 0. The lowest BCUT2D eigenvalue weighted by Crippen LogP contribution is -2.18. The average Bonchev–Trinajstić information content (AvgIpc) is 2.41. The molecule has 0 aliphatic carbocycles. The van der Waals surface area contributed by atoms with Gasteiger partial charge in [-0.25, -0.2) is 9.78 Å². The first kappa shape index (κ1) is 12.4. The monoisotopic (exact) mass is 244 g/mol. The summed E-state index contributed by atoms with van der Waals surface area (Å²) in [6.45, 7) is 2.09. The molecule has 4 nitrogen and oxygen atoms in total. The lowest BCUT2D eigenvalue weighted by atomic mass is 10.2. The Hall–Kier alpha value is -2.10. The fraction of sp³-hybridized carbons (Fsp3) is 0.286. The van der Waals surface area contributed by atoms with Gasteiger partial charge in [-0.1, -0.05) is 19.4 Å². The highest BCUT2D eigenvalue weighted by Gasteiger charge is 2.03. The average molecular weight is 244 g/mol. The molecule has 1 aromatic heterocycles. The molecule has 94 valence electrons. The van der Waals surface area contributed by atoms with Crippen LogP contribution in [0, 0.1) is 0 Å². The van der Waals surface area contributed by atoms with Gasteiger partial charge in [0, 0.05) is 23.8 Å². The molecule has 1 aromatic carbocycles. The lowest BCUT2D eigenvalue weighted by molar-refractivity contribution is 0.415. The van der Waals surface area contributed by atoms with Crippen molar-refractivity contribution in [2.24, 2.45) is 0 Å². The van der Waals surface area contributed by atoms with Crippen LogP contribution in [0.5, 0.6) is 5.75 Å². The van der Waals surface area contributed by atoms with E-state index < -0.39 is 0 Å². The third-order valence-corrected chi connectivity index (χ3v) is 2.73. The van der Waals surface area contributed by atoms with Gasteiger partial charge in [-0.3, -0.25) is 4.57 Å². The van der Waals surface area contributed by atoms with E-state index in [1.165, 1.54) is 0 Å². The molecule has 0 atom stereocenters. The molecule has 0 aliphatic rings. The van der Waals surface area contributed by atoms with E-state index in [-0.39, 0.29) is 5.69 Å². The number of aromatic nitrogens is 2. The van der Waals surface area contributed by atoms with E-state index in [0.717, 1.165) is 29.5 Å². The van der Waals surface area contributed by atoms with Gasteiger partial charge in [-0.15, -0.1) is 0 Å². The van der Waals surface area contributed by atoms with Crippen LogP contribution in [0.25, 0.3) is 17.1 Å². The third-order valence-electron chi connectivity index (χ3n) is 2.73. The normalized spacial score (nSPS) is 11.2. The van der Waals surface area contributed by atoms with Gasteiger partial charge in [0.15, 0.2) is 0 Å². The van der Waals surface area contributed by atoms with E-state index >= 15 is 0 Å². The molecule has 0 aliphatic heterocycles. The number of fused-ring (bicyclic) bond motifs is 1. The van der Waals surface area contributed by atoms with Gasteiger partial charge in [-0.2, -0.15) is 0 Å². The highest BCUT2D eigenvalue weighted by molar-refractivity contribution is 5.81. The van der Waals surface area contributed by atoms with Crippen molar-refractivity contribution in [3.8, 4) is 5.75 Å². The first-order chi connectivity index (χ1) is 8.76. The minimum absolute atomic E-state index is 0.275. The molecule has 0 bridgehead atoms. The van der Waals surface area contributed by atoms with Crippen LogP contribution in [0.3, 0.4) is 0 Å². The van der Waals surface area contributed by atoms with Crippen LogP contribution in [0.2, 0.25) is 0 Å². The molecule has 1 heterocycles. The maximum atomic E-state index is 11.8. The fourth-order valence-corrected chi connectivity index (χ4v) is 1.75. The molecule has 0 amide bonds. The fourth-order valence-electron chi connectivity index (χ4n) is 1.75. The summed E-state index contributed by atoms with van der Waals surface area (Å²) in [5.41, 5.74) is 0.532. The molecule has 18 heavy (non-hydrogen) atoms. The van der Waals surface area contributed by atoms with Crippen molar-refractivity contribution >= 4 is 17.1 Å². The summed E-state index contributed by atoms with van der Waals surface area (Å²) in [4.78, 5) is 15.6. The smallest absolute Gasteiger partial charge is 0.352 e. The van der Waals surface area contributed by atoms with Crippen molar-refractivity contribution in [3.63, 3.8) is 0 Å². The Balaban J connectivity index is 2.60. The largest absolute Gasteiger partial charge is 0.497 e. The number of methoxy groups -OCH3 is 1. The van der Waals surface area contributed by atoms with Crippen LogP contribution in [-0.2, 0) is 0 Å². The van der Waals surface area contributed by atoms with E-state index in [1.54, 1.807) is 24.1 Å². The molecular weight excluding hydrogens is 228 g/mol. The van der Waals surface area contributed by atoms with Crippen LogP contribution < -0.4 is 10.4 Å². The van der Waals surface area contributed by atoms with Gasteiger partial charge in [0.25, 0.3) is 0 Å². The van der Waals surface area contributed by atoms with E-state index in [1.807, 2.05) is 24.3 Å². The number of allylic oxidation sites excluding steroid dienone is 1. The Kier molecular flexibility index (Phi) is 3.77. The first-order valence-electron chi connectivity index (χ1n) is 5.98. The minimum Gasteiger partial charge on any atom is -0.497 e. The Labute approximate surface area is 106 Å². The SMILES string of the molecule is CCCC=Cn1c(=O)ncc2ccc(OC)cc21. The number of benzene rings is 1. The lowest BCUT2D eigenvalue weighted by Gasteiger charge is -2.06. The Morgan fingerprint density at radius 2 is 2.28 bits per heavy atom. The molecule has 0 radical (unpaired) electrons. The van der Waals surface area contributed by atoms with Gasteiger partial charge in [-0.05, 0) is 18.6 Å². The zero-order chi connectivity index (χ0) is 13.0. The Morgan fingerprint density at radius 3 is 3.00 bits per heavy atom. The molecule has 2 aromatic rings. The summed E-state index contributed by atoms with van der Waals surface area (Å²) in [5, 5.41) is 0.913. The number of nitrogens with zero attached hydrogens (tertiary/aromatic N) is 2. The molecule has 2 rings (SSSR count). The van der Waals surface area contributed by atoms with Crippen molar-refractivity contribution in [1.29, 1.82) is 0 Å². The van der Waals surface area contributed by atoms with Gasteiger partial charge < -0.3 is 4.74 Å². The van der Waals surface area contributed by atoms with Crippen LogP contribution in [0.4, 0.5) is 0 Å². The van der Waals surface area contributed by atoms with Gasteiger partial charge in [0.2, 0.25) is 0 Å². The van der Waals surface area contributed by atoms with Crippen molar-refractivity contribution in [3.05, 3.63) is 41.0 Å². The quantitative estimate of drug-likeness (QED) is 0.830. The summed E-state index contributed by atoms with van der Waals surface area (Å²) >= 11 is 0. The van der Waals surface area contributed by atoms with Crippen molar-refractivity contribution in [2.75, 3.05) is 7.11 Å². The summed E-state index contributed by atoms with van der Waals surface area (Å²) in [5.74, 6) is 0.728. The third kappa shape index (κ3) is 2.42. The zero-order valence-corrected chi connectivity index (χ0v) is 10.6. The van der Waals surface area contributed by atoms with Crippen molar-refractivity contribution in [2.45, 2.75) is 19.8 Å². The second-order valence-corrected chi connectivity index (χ2v) is 4.01. The number of unbranched alkanes of at least 4 members (excludes halogenated alkanes) is 1. The molecule has 0 saturated carbocycles. The van der Waals surface area contributed by atoms with E-state index in [4.69, 9.17) is 4.74 Å². The topological polar surface area (TPSA) is 44.1 Å². The predicted octanol–water partition coefficient (Wildman–Crippen LogP) is 2.68. The van der Waals surface area contributed by atoms with Crippen LogP contribution in [0.15, 0.2) is 35.3 Å². The van der Waals surface area contributed by atoms with Crippen LogP contribution in [0.1, 0.15) is 19.8 Å². The molecule has 4 heteroatoms. The van der Waals surface area contributed by atoms with E-state index in [9.17, 15) is 4.79 Å². The summed E-state index contributed by atoms with van der Waals surface area (Å²) < 4.78 is 6.73. The summed E-state index contributed by atoms with van der Waals surface area (Å²) in [6, 6.07) is 5.59. The van der Waals surface area contributed by atoms with Crippen molar-refractivity contribution in [1.82, 2.24) is 9.55 Å². The maximum absolute atomic E-state index is 11.8. The Bertz CT molecular complexity index is 629. The van der Waals surface area contributed by atoms with Gasteiger partial charge in [0.1, 0.15) is 5.75 Å².